The molecule has 2 amide bonds. The molecule has 0 bridgehead atoms. The van der Waals surface area contributed by atoms with E-state index in [0.717, 1.165) is 31.4 Å². The number of nitrogens with zero attached hydrogens (tertiary/aromatic N) is 1. The minimum atomic E-state index is -3.66. The summed E-state index contributed by atoms with van der Waals surface area (Å²) < 4.78 is 27.6. The van der Waals surface area contributed by atoms with Crippen molar-refractivity contribution < 1.29 is 18.0 Å². The zero-order valence-corrected chi connectivity index (χ0v) is 19.6. The van der Waals surface area contributed by atoms with Crippen molar-refractivity contribution in [1.82, 2.24) is 14.6 Å². The Hall–Kier alpha value is -2.91. The summed E-state index contributed by atoms with van der Waals surface area (Å²) in [5, 5.41) is 5.72. The normalized spacial score (nSPS) is 18.2. The monoisotopic (exact) mass is 470 g/mol. The van der Waals surface area contributed by atoms with E-state index in [0.29, 0.717) is 37.3 Å². The fraction of sp³-hybridized carbons (Fsp3) is 0.417. The Kier molecular flexibility index (Phi) is 6.45. The van der Waals surface area contributed by atoms with Gasteiger partial charge in [0.2, 0.25) is 15.9 Å². The second-order valence-corrected chi connectivity index (χ2v) is 11.0. The van der Waals surface area contributed by atoms with Gasteiger partial charge in [0.15, 0.2) is 0 Å². The fourth-order valence-electron chi connectivity index (χ4n) is 4.48. The fourth-order valence-corrected chi connectivity index (χ4v) is 5.92. The first-order valence-electron chi connectivity index (χ1n) is 11.3. The number of aromatic nitrogens is 1. The van der Waals surface area contributed by atoms with Crippen LogP contribution in [-0.4, -0.2) is 48.1 Å². The third-order valence-corrected chi connectivity index (χ3v) is 8.46. The Bertz CT molecular complexity index is 1140. The van der Waals surface area contributed by atoms with Crippen molar-refractivity contribution in [3.05, 3.63) is 59.9 Å². The maximum Gasteiger partial charge on any atom is 0.272 e. The average molecular weight is 471 g/mol. The van der Waals surface area contributed by atoms with Crippen LogP contribution in [0.4, 0.5) is 5.69 Å². The maximum absolute atomic E-state index is 13.1. The largest absolute Gasteiger partial charge is 0.354 e. The lowest BCUT2D eigenvalue weighted by Gasteiger charge is -2.39. The molecule has 2 aliphatic rings. The molecule has 2 aromatic rings. The van der Waals surface area contributed by atoms with Gasteiger partial charge in [-0.1, -0.05) is 6.58 Å². The van der Waals surface area contributed by atoms with E-state index in [1.54, 1.807) is 12.1 Å². The van der Waals surface area contributed by atoms with Crippen molar-refractivity contribution in [2.24, 2.45) is 0 Å². The van der Waals surface area contributed by atoms with E-state index in [1.807, 2.05) is 13.0 Å². The number of fused-ring (bicyclic) bond motifs is 1. The second kappa shape index (κ2) is 9.15. The molecule has 0 atom stereocenters. The molecule has 0 spiro atoms. The van der Waals surface area contributed by atoms with E-state index in [2.05, 4.69) is 22.2 Å². The topological polar surface area (TPSA) is 111 Å². The highest BCUT2D eigenvalue weighted by Crippen LogP contribution is 2.27. The van der Waals surface area contributed by atoms with Crippen LogP contribution >= 0.6 is 0 Å². The van der Waals surface area contributed by atoms with Crippen molar-refractivity contribution in [3.63, 3.8) is 0 Å². The number of sulfonamides is 1. The summed E-state index contributed by atoms with van der Waals surface area (Å²) >= 11 is 0. The van der Waals surface area contributed by atoms with Crippen molar-refractivity contribution in [2.75, 3.05) is 18.4 Å². The Morgan fingerprint density at radius 3 is 2.42 bits per heavy atom. The molecule has 176 valence electrons. The van der Waals surface area contributed by atoms with Gasteiger partial charge in [0, 0.05) is 30.0 Å². The van der Waals surface area contributed by atoms with E-state index >= 15 is 0 Å². The van der Waals surface area contributed by atoms with E-state index in [9.17, 15) is 18.0 Å². The summed E-state index contributed by atoms with van der Waals surface area (Å²) in [6.45, 7) is 6.00. The van der Waals surface area contributed by atoms with Crippen LogP contribution in [0.1, 0.15) is 54.4 Å². The number of carbonyl (C=O) groups is 2. The number of hydrogen-bond donors (Lipinski definition) is 3. The molecule has 1 aliphatic carbocycles. The van der Waals surface area contributed by atoms with Crippen LogP contribution in [0.5, 0.6) is 0 Å². The number of piperidine rings is 1. The van der Waals surface area contributed by atoms with E-state index in [-0.39, 0.29) is 16.7 Å². The molecule has 33 heavy (non-hydrogen) atoms. The summed E-state index contributed by atoms with van der Waals surface area (Å²) in [6.07, 6.45) is 6.47. The number of H-pyrrole nitrogens is 1. The molecule has 1 saturated heterocycles. The van der Waals surface area contributed by atoms with Crippen LogP contribution in [0.2, 0.25) is 0 Å². The smallest absolute Gasteiger partial charge is 0.272 e. The summed E-state index contributed by atoms with van der Waals surface area (Å²) in [6, 6.07) is 8.14. The second-order valence-electron chi connectivity index (χ2n) is 9.03. The third-order valence-electron chi connectivity index (χ3n) is 6.55. The van der Waals surface area contributed by atoms with Crippen LogP contribution in [0, 0.1) is 0 Å². The first-order valence-corrected chi connectivity index (χ1v) is 12.7. The Labute approximate surface area is 194 Å². The third kappa shape index (κ3) is 5.04. The highest BCUT2D eigenvalue weighted by Gasteiger charge is 2.36. The highest BCUT2D eigenvalue weighted by molar-refractivity contribution is 7.89. The lowest BCUT2D eigenvalue weighted by atomic mass is 9.90. The predicted octanol–water partition coefficient (Wildman–Crippen LogP) is 2.99. The van der Waals surface area contributed by atoms with Gasteiger partial charge < -0.3 is 15.6 Å². The number of amides is 2. The van der Waals surface area contributed by atoms with E-state index in [4.69, 9.17) is 0 Å². The lowest BCUT2D eigenvalue weighted by molar-refractivity contribution is -0.118. The zero-order chi connectivity index (χ0) is 23.6. The van der Waals surface area contributed by atoms with Crippen molar-refractivity contribution in [3.8, 4) is 0 Å². The van der Waals surface area contributed by atoms with Crippen LogP contribution < -0.4 is 10.6 Å². The van der Waals surface area contributed by atoms with Gasteiger partial charge in [-0.2, -0.15) is 4.31 Å². The van der Waals surface area contributed by atoms with Gasteiger partial charge >= 0.3 is 0 Å². The van der Waals surface area contributed by atoms with Crippen LogP contribution in [0.3, 0.4) is 0 Å². The van der Waals surface area contributed by atoms with Crippen LogP contribution in [-0.2, 0) is 27.7 Å². The van der Waals surface area contributed by atoms with Crippen molar-refractivity contribution in [1.29, 1.82) is 0 Å². The standard InChI is InChI=1S/C24H30N4O4S/c1-3-22(29)27-24(2)12-14-28(15-13-24)33(31,32)19-10-8-18(9-11-19)25-23(30)21-16-17-6-4-5-7-20(17)26-21/h3,8-11,16,26H,1,4-7,12-15H2,2H3,(H,25,30)(H,27,29). The molecule has 9 heteroatoms. The number of nitrogens with one attached hydrogen (secondary N) is 3. The minimum absolute atomic E-state index is 0.176. The Morgan fingerprint density at radius 2 is 1.79 bits per heavy atom. The number of carbonyl (C=O) groups excluding carboxylic acids is 2. The molecule has 0 saturated carbocycles. The van der Waals surface area contributed by atoms with Gasteiger partial charge in [-0.25, -0.2) is 8.42 Å². The average Bonchev–Trinajstić information content (AvgIpc) is 3.24. The van der Waals surface area contributed by atoms with Gasteiger partial charge in [0.05, 0.1) is 4.90 Å². The molecule has 1 aliphatic heterocycles. The van der Waals surface area contributed by atoms with Gasteiger partial charge in [-0.15, -0.1) is 0 Å². The molecule has 0 radical (unpaired) electrons. The molecule has 4 rings (SSSR count). The molecule has 1 aromatic carbocycles. The number of aryl methyl sites for hydroxylation is 2. The number of hydrogen-bond acceptors (Lipinski definition) is 4. The quantitative estimate of drug-likeness (QED) is 0.564. The summed E-state index contributed by atoms with van der Waals surface area (Å²) in [5.41, 5.74) is 2.94. The SMILES string of the molecule is C=CC(=O)NC1(C)CCN(S(=O)(=O)c2ccc(NC(=O)c3cc4c([nH]3)CCCC4)cc2)CC1. The molecule has 0 unspecified atom stereocenters. The maximum atomic E-state index is 13.1. The number of benzene rings is 1. The predicted molar refractivity (Wildman–Crippen MR) is 127 cm³/mol. The number of anilines is 1. The van der Waals surface area contributed by atoms with Gasteiger partial charge in [-0.3, -0.25) is 9.59 Å². The summed E-state index contributed by atoms with van der Waals surface area (Å²) in [5.74, 6) is -0.497. The number of rotatable bonds is 6. The van der Waals surface area contributed by atoms with E-state index in [1.165, 1.54) is 28.1 Å². The van der Waals surface area contributed by atoms with Gasteiger partial charge in [0.25, 0.3) is 5.91 Å². The summed E-state index contributed by atoms with van der Waals surface area (Å²) in [7, 11) is -3.66. The van der Waals surface area contributed by atoms with E-state index < -0.39 is 15.6 Å². The molecule has 3 N–H and O–H groups in total. The molecule has 8 nitrogen and oxygen atoms in total. The van der Waals surface area contributed by atoms with Crippen molar-refractivity contribution in [2.45, 2.75) is 55.9 Å². The Balaban J connectivity index is 1.39. The minimum Gasteiger partial charge on any atom is -0.354 e. The summed E-state index contributed by atoms with van der Waals surface area (Å²) in [4.78, 5) is 27.6. The number of aromatic amines is 1. The molecule has 1 fully saturated rings. The van der Waals surface area contributed by atoms with Gasteiger partial charge in [-0.05, 0) is 87.4 Å². The first kappa shape index (κ1) is 23.3. The van der Waals surface area contributed by atoms with Gasteiger partial charge in [0.1, 0.15) is 5.69 Å². The highest BCUT2D eigenvalue weighted by atomic mass is 32.2. The molecular formula is C24H30N4O4S. The Morgan fingerprint density at radius 1 is 1.12 bits per heavy atom. The lowest BCUT2D eigenvalue weighted by Crippen LogP contribution is -2.53. The molecule has 2 heterocycles. The van der Waals surface area contributed by atoms with Crippen molar-refractivity contribution >= 4 is 27.5 Å². The first-order chi connectivity index (χ1) is 15.7. The molecule has 1 aromatic heterocycles. The van der Waals surface area contributed by atoms with Crippen LogP contribution in [0.15, 0.2) is 47.9 Å². The van der Waals surface area contributed by atoms with Crippen LogP contribution in [0.25, 0.3) is 0 Å². The molecular weight excluding hydrogens is 440 g/mol. The zero-order valence-electron chi connectivity index (χ0n) is 18.8.